The normalized spacial score (nSPS) is 19.8. The second-order valence-electron chi connectivity index (χ2n) is 5.36. The fourth-order valence-corrected chi connectivity index (χ4v) is 2.72. The molecule has 0 aromatic heterocycles. The van der Waals surface area contributed by atoms with Crippen molar-refractivity contribution in [2.45, 2.75) is 45.6 Å². The maximum absolute atomic E-state index is 12.6. The first-order chi connectivity index (χ1) is 9.13. The Morgan fingerprint density at radius 2 is 2.00 bits per heavy atom. The van der Waals surface area contributed by atoms with Crippen LogP contribution >= 0.6 is 0 Å². The van der Waals surface area contributed by atoms with E-state index in [0.717, 1.165) is 41.8 Å². The van der Waals surface area contributed by atoms with Crippen molar-refractivity contribution in [1.29, 1.82) is 0 Å². The summed E-state index contributed by atoms with van der Waals surface area (Å²) in [7, 11) is 1.66. The van der Waals surface area contributed by atoms with Crippen molar-refractivity contribution in [1.82, 2.24) is 5.32 Å². The zero-order valence-electron chi connectivity index (χ0n) is 12.1. The van der Waals surface area contributed by atoms with Crippen LogP contribution in [0.4, 0.5) is 0 Å². The summed E-state index contributed by atoms with van der Waals surface area (Å²) in [5.74, 6) is 1.08. The molecule has 1 aliphatic heterocycles. The van der Waals surface area contributed by atoms with Crippen LogP contribution in [0.1, 0.15) is 47.2 Å². The number of Topliss-reactive ketones (excluding diaryl/α,β-unsaturated/α-hetero) is 1. The van der Waals surface area contributed by atoms with Gasteiger partial charge in [-0.3, -0.25) is 4.79 Å². The molecule has 1 aliphatic rings. The molecule has 3 heteroatoms. The number of rotatable bonds is 3. The first kappa shape index (κ1) is 14.1. The van der Waals surface area contributed by atoms with Crippen LogP contribution in [0, 0.1) is 13.8 Å². The Labute approximate surface area is 115 Å². The summed E-state index contributed by atoms with van der Waals surface area (Å²) >= 11 is 0. The minimum Gasteiger partial charge on any atom is -0.496 e. The molecule has 2 rings (SSSR count). The van der Waals surface area contributed by atoms with Gasteiger partial charge in [0.05, 0.1) is 13.2 Å². The largest absolute Gasteiger partial charge is 0.496 e. The zero-order valence-corrected chi connectivity index (χ0v) is 12.1. The van der Waals surface area contributed by atoms with E-state index in [0.29, 0.717) is 0 Å². The van der Waals surface area contributed by atoms with E-state index in [1.165, 1.54) is 12.8 Å². The molecule has 0 spiro atoms. The molecule has 3 nitrogen and oxygen atoms in total. The number of ether oxygens (including phenoxy) is 1. The summed E-state index contributed by atoms with van der Waals surface area (Å²) in [6.45, 7) is 4.91. The lowest BCUT2D eigenvalue weighted by molar-refractivity contribution is 0.0940. The minimum absolute atomic E-state index is 0.0194. The minimum atomic E-state index is -0.0194. The van der Waals surface area contributed by atoms with Gasteiger partial charge in [-0.1, -0.05) is 12.8 Å². The molecule has 0 aliphatic carbocycles. The summed E-state index contributed by atoms with van der Waals surface area (Å²) in [6, 6.07) is 3.90. The molecule has 1 aromatic carbocycles. The van der Waals surface area contributed by atoms with Crippen LogP contribution in [-0.4, -0.2) is 25.5 Å². The zero-order chi connectivity index (χ0) is 13.8. The van der Waals surface area contributed by atoms with Crippen molar-refractivity contribution >= 4 is 5.78 Å². The van der Waals surface area contributed by atoms with Gasteiger partial charge in [0, 0.05) is 5.56 Å². The Balaban J connectivity index is 2.25. The van der Waals surface area contributed by atoms with Gasteiger partial charge < -0.3 is 10.1 Å². The average Bonchev–Trinajstić information content (AvgIpc) is 2.69. The number of benzene rings is 1. The summed E-state index contributed by atoms with van der Waals surface area (Å²) < 4.78 is 5.30. The highest BCUT2D eigenvalue weighted by Gasteiger charge is 2.22. The highest BCUT2D eigenvalue weighted by atomic mass is 16.5. The van der Waals surface area contributed by atoms with Gasteiger partial charge in [0.15, 0.2) is 5.78 Å². The molecular formula is C16H23NO2. The fraction of sp³-hybridized carbons (Fsp3) is 0.562. The van der Waals surface area contributed by atoms with Gasteiger partial charge >= 0.3 is 0 Å². The van der Waals surface area contributed by atoms with E-state index in [1.54, 1.807) is 7.11 Å². The summed E-state index contributed by atoms with van der Waals surface area (Å²) in [5, 5.41) is 3.37. The molecule has 19 heavy (non-hydrogen) atoms. The molecule has 0 saturated carbocycles. The second-order valence-corrected chi connectivity index (χ2v) is 5.36. The lowest BCUT2D eigenvalue weighted by atomic mass is 9.95. The molecule has 0 amide bonds. The monoisotopic (exact) mass is 261 g/mol. The van der Waals surface area contributed by atoms with Crippen molar-refractivity contribution in [2.24, 2.45) is 0 Å². The predicted octanol–water partition coefficient (Wildman–Crippen LogP) is 3.03. The van der Waals surface area contributed by atoms with Crippen molar-refractivity contribution in [3.05, 3.63) is 28.8 Å². The van der Waals surface area contributed by atoms with E-state index in [-0.39, 0.29) is 11.8 Å². The van der Waals surface area contributed by atoms with Crippen LogP contribution in [0.5, 0.6) is 5.75 Å². The molecule has 1 heterocycles. The van der Waals surface area contributed by atoms with Crippen LogP contribution in [0.3, 0.4) is 0 Å². The molecule has 1 fully saturated rings. The van der Waals surface area contributed by atoms with Crippen LogP contribution in [0.2, 0.25) is 0 Å². The highest BCUT2D eigenvalue weighted by Crippen LogP contribution is 2.24. The fourth-order valence-electron chi connectivity index (χ4n) is 2.72. The molecule has 1 aromatic rings. The summed E-state index contributed by atoms with van der Waals surface area (Å²) in [6.07, 6.45) is 4.47. The van der Waals surface area contributed by atoms with Gasteiger partial charge in [0.25, 0.3) is 0 Å². The third-order valence-electron chi connectivity index (χ3n) is 3.88. The first-order valence-corrected chi connectivity index (χ1v) is 7.06. The lowest BCUT2D eigenvalue weighted by Crippen LogP contribution is -2.36. The summed E-state index contributed by atoms with van der Waals surface area (Å²) in [5.41, 5.74) is 2.85. The quantitative estimate of drug-likeness (QED) is 0.850. The van der Waals surface area contributed by atoms with E-state index in [2.05, 4.69) is 5.32 Å². The van der Waals surface area contributed by atoms with Gasteiger partial charge in [0.1, 0.15) is 5.75 Å². The topological polar surface area (TPSA) is 38.3 Å². The molecule has 0 radical (unpaired) electrons. The van der Waals surface area contributed by atoms with Gasteiger partial charge in [-0.25, -0.2) is 0 Å². The van der Waals surface area contributed by atoms with E-state index in [4.69, 9.17) is 4.74 Å². The van der Waals surface area contributed by atoms with Gasteiger partial charge in [-0.15, -0.1) is 0 Å². The summed E-state index contributed by atoms with van der Waals surface area (Å²) in [4.78, 5) is 12.6. The Kier molecular flexibility index (Phi) is 4.59. The number of carbonyl (C=O) groups excluding carboxylic acids is 1. The molecule has 1 saturated heterocycles. The smallest absolute Gasteiger partial charge is 0.180 e. The van der Waals surface area contributed by atoms with Crippen LogP contribution in [-0.2, 0) is 0 Å². The van der Waals surface area contributed by atoms with Crippen molar-refractivity contribution in [3.63, 3.8) is 0 Å². The van der Waals surface area contributed by atoms with Crippen molar-refractivity contribution in [3.8, 4) is 5.75 Å². The average molecular weight is 261 g/mol. The molecular weight excluding hydrogens is 238 g/mol. The van der Waals surface area contributed by atoms with Gasteiger partial charge in [-0.05, 0) is 56.5 Å². The molecule has 104 valence electrons. The van der Waals surface area contributed by atoms with Crippen molar-refractivity contribution in [2.75, 3.05) is 13.7 Å². The van der Waals surface area contributed by atoms with E-state index >= 15 is 0 Å². The number of aryl methyl sites for hydroxylation is 2. The lowest BCUT2D eigenvalue weighted by Gasteiger charge is -2.17. The molecule has 1 atom stereocenters. The van der Waals surface area contributed by atoms with Gasteiger partial charge in [-0.2, -0.15) is 0 Å². The van der Waals surface area contributed by atoms with E-state index < -0.39 is 0 Å². The number of carbonyl (C=O) groups is 1. The third kappa shape index (κ3) is 3.16. The molecule has 1 unspecified atom stereocenters. The number of methoxy groups -OCH3 is 1. The molecule has 0 bridgehead atoms. The highest BCUT2D eigenvalue weighted by molar-refractivity contribution is 6.01. The first-order valence-electron chi connectivity index (χ1n) is 7.06. The second kappa shape index (κ2) is 6.20. The maximum atomic E-state index is 12.6. The Morgan fingerprint density at radius 3 is 2.74 bits per heavy atom. The van der Waals surface area contributed by atoms with E-state index in [9.17, 15) is 4.79 Å². The van der Waals surface area contributed by atoms with Crippen molar-refractivity contribution < 1.29 is 9.53 Å². The van der Waals surface area contributed by atoms with Gasteiger partial charge in [0.2, 0.25) is 0 Å². The maximum Gasteiger partial charge on any atom is 0.180 e. The van der Waals surface area contributed by atoms with Crippen LogP contribution in [0.25, 0.3) is 0 Å². The third-order valence-corrected chi connectivity index (χ3v) is 3.88. The van der Waals surface area contributed by atoms with E-state index in [1.807, 2.05) is 26.0 Å². The Hall–Kier alpha value is -1.35. The predicted molar refractivity (Wildman–Crippen MR) is 77.1 cm³/mol. The number of ketones is 1. The Morgan fingerprint density at radius 1 is 1.21 bits per heavy atom. The number of hydrogen-bond donors (Lipinski definition) is 1. The Bertz CT molecular complexity index is 460. The standard InChI is InChI=1S/C16H23NO2/c1-11-10-15(19-3)12(2)9-13(11)16(18)14-7-5-4-6-8-17-14/h9-10,14,17H,4-8H2,1-3H3. The number of hydrogen-bond acceptors (Lipinski definition) is 3. The van der Waals surface area contributed by atoms with Crippen LogP contribution in [0.15, 0.2) is 12.1 Å². The SMILES string of the molecule is COc1cc(C)c(C(=O)C2CCCCCN2)cc1C. The van der Waals surface area contributed by atoms with Crippen LogP contribution < -0.4 is 10.1 Å². The molecule has 1 N–H and O–H groups in total. The number of nitrogens with one attached hydrogen (secondary N) is 1.